The van der Waals surface area contributed by atoms with Crippen LogP contribution in [0.15, 0.2) is 18.5 Å². The van der Waals surface area contributed by atoms with Gasteiger partial charge >= 0.3 is 5.97 Å². The lowest BCUT2D eigenvalue weighted by molar-refractivity contribution is -0.156. The van der Waals surface area contributed by atoms with Crippen LogP contribution >= 0.6 is 11.3 Å². The van der Waals surface area contributed by atoms with Crippen LogP contribution in [0, 0.1) is 30.1 Å². The minimum absolute atomic E-state index is 0.0159. The highest BCUT2D eigenvalue weighted by atomic mass is 32.1. The normalized spacial score (nSPS) is 29.8. The van der Waals surface area contributed by atoms with Gasteiger partial charge in [-0.1, -0.05) is 20.8 Å². The van der Waals surface area contributed by atoms with Crippen molar-refractivity contribution in [3.63, 3.8) is 0 Å². The molecule has 0 aromatic carbocycles. The Hall–Kier alpha value is -1.82. The number of aromatic nitrogens is 3. The topological polar surface area (TPSA) is 65.0 Å². The highest BCUT2D eigenvalue weighted by Gasteiger charge is 2.57. The van der Waals surface area contributed by atoms with Gasteiger partial charge in [0, 0.05) is 12.4 Å². The Bertz CT molecular complexity index is 802. The van der Waals surface area contributed by atoms with Gasteiger partial charge in [-0.2, -0.15) is 0 Å². The molecule has 5 nitrogen and oxygen atoms in total. The number of rotatable bonds is 3. The number of nitrogens with zero attached hydrogens (tertiary/aromatic N) is 3. The molecule has 132 valence electrons. The van der Waals surface area contributed by atoms with E-state index >= 15 is 0 Å². The van der Waals surface area contributed by atoms with Gasteiger partial charge in [-0.05, 0) is 49.0 Å². The largest absolute Gasteiger partial charge is 0.458 e. The molecule has 3 aliphatic rings. The first-order valence-corrected chi connectivity index (χ1v) is 9.65. The molecule has 3 fully saturated rings. The van der Waals surface area contributed by atoms with Crippen molar-refractivity contribution in [1.29, 1.82) is 0 Å². The third-order valence-corrected chi connectivity index (χ3v) is 7.42. The summed E-state index contributed by atoms with van der Waals surface area (Å²) in [5.74, 6) is 2.02. The first kappa shape index (κ1) is 16.6. The van der Waals surface area contributed by atoms with Crippen molar-refractivity contribution in [2.24, 2.45) is 23.2 Å². The van der Waals surface area contributed by atoms with Gasteiger partial charge in [-0.25, -0.2) is 19.7 Å². The van der Waals surface area contributed by atoms with Gasteiger partial charge in [0.2, 0.25) is 0 Å². The molecule has 6 heteroatoms. The highest BCUT2D eigenvalue weighted by Crippen LogP contribution is 2.61. The zero-order valence-corrected chi connectivity index (χ0v) is 15.8. The lowest BCUT2D eigenvalue weighted by Crippen LogP contribution is -2.57. The van der Waals surface area contributed by atoms with Crippen LogP contribution in [0.3, 0.4) is 0 Å². The molecule has 2 bridgehead atoms. The summed E-state index contributed by atoms with van der Waals surface area (Å²) in [4.78, 5) is 26.1. The number of aryl methyl sites for hydroxylation is 1. The zero-order chi connectivity index (χ0) is 17.8. The summed E-state index contributed by atoms with van der Waals surface area (Å²) in [6.07, 6.45) is 5.62. The third-order valence-electron chi connectivity index (χ3n) is 6.28. The van der Waals surface area contributed by atoms with Crippen molar-refractivity contribution in [2.75, 3.05) is 0 Å². The monoisotopic (exact) mass is 357 g/mol. The standard InChI is InChI=1S/C19H23N3O2S/c1-10-13-8-12(19(13,3)4)9-14(10)24-18(23)15-11(2)22-17(25-15)16-20-6-5-7-21-16/h5-7,10,12-14H,8-9H2,1-4H3/t10-,12+,13-,14+/m0/s1. The SMILES string of the molecule is Cc1nc(-c2ncccn2)sc1C(=O)O[C@@H]1C[C@H]2C[C@@H]([C@@H]1C)C2(C)C. The second kappa shape index (κ2) is 5.87. The molecule has 0 N–H and O–H groups in total. The molecule has 0 saturated heterocycles. The van der Waals surface area contributed by atoms with Crippen LogP contribution < -0.4 is 0 Å². The van der Waals surface area contributed by atoms with Crippen molar-refractivity contribution in [1.82, 2.24) is 15.0 Å². The van der Waals surface area contributed by atoms with Gasteiger partial charge < -0.3 is 4.74 Å². The minimum Gasteiger partial charge on any atom is -0.458 e. The van der Waals surface area contributed by atoms with Gasteiger partial charge in [-0.15, -0.1) is 11.3 Å². The van der Waals surface area contributed by atoms with E-state index in [-0.39, 0.29) is 12.1 Å². The van der Waals surface area contributed by atoms with E-state index in [4.69, 9.17) is 4.74 Å². The fourth-order valence-electron chi connectivity index (χ4n) is 4.54. The van der Waals surface area contributed by atoms with Crippen LogP contribution in [0.2, 0.25) is 0 Å². The molecule has 0 unspecified atom stereocenters. The average molecular weight is 357 g/mol. The molecule has 4 atom stereocenters. The molecule has 2 aromatic heterocycles. The summed E-state index contributed by atoms with van der Waals surface area (Å²) in [7, 11) is 0. The Balaban J connectivity index is 1.50. The Labute approximate surface area is 151 Å². The number of carbonyl (C=O) groups excluding carboxylic acids is 1. The molecule has 3 saturated carbocycles. The van der Waals surface area contributed by atoms with Crippen LogP contribution in [0.5, 0.6) is 0 Å². The molecule has 25 heavy (non-hydrogen) atoms. The van der Waals surface area contributed by atoms with Crippen molar-refractivity contribution in [2.45, 2.75) is 46.6 Å². The smallest absolute Gasteiger partial charge is 0.350 e. The summed E-state index contributed by atoms with van der Waals surface area (Å²) in [6.45, 7) is 8.76. The van der Waals surface area contributed by atoms with Crippen LogP contribution in [-0.4, -0.2) is 27.0 Å². The molecule has 0 spiro atoms. The average Bonchev–Trinajstić information content (AvgIpc) is 2.99. The van der Waals surface area contributed by atoms with Crippen molar-refractivity contribution >= 4 is 17.3 Å². The molecular weight excluding hydrogens is 334 g/mol. The number of hydrogen-bond donors (Lipinski definition) is 0. The van der Waals surface area contributed by atoms with E-state index in [2.05, 4.69) is 35.7 Å². The van der Waals surface area contributed by atoms with E-state index < -0.39 is 0 Å². The maximum absolute atomic E-state index is 12.7. The lowest BCUT2D eigenvalue weighted by Gasteiger charge is -2.61. The molecule has 0 amide bonds. The first-order chi connectivity index (χ1) is 11.9. The summed E-state index contributed by atoms with van der Waals surface area (Å²) in [5.41, 5.74) is 1.08. The van der Waals surface area contributed by atoms with E-state index in [0.29, 0.717) is 44.6 Å². The number of fused-ring (bicyclic) bond motifs is 2. The van der Waals surface area contributed by atoms with Crippen molar-refractivity contribution in [3.05, 3.63) is 29.0 Å². The maximum atomic E-state index is 12.7. The number of hydrogen-bond acceptors (Lipinski definition) is 6. The molecule has 2 heterocycles. The molecule has 0 radical (unpaired) electrons. The Morgan fingerprint density at radius 1 is 1.28 bits per heavy atom. The van der Waals surface area contributed by atoms with Gasteiger partial charge in [-0.3, -0.25) is 0 Å². The quantitative estimate of drug-likeness (QED) is 0.773. The predicted octanol–water partition coefficient (Wildman–Crippen LogP) is 4.14. The summed E-state index contributed by atoms with van der Waals surface area (Å²) < 4.78 is 5.90. The van der Waals surface area contributed by atoms with Gasteiger partial charge in [0.25, 0.3) is 0 Å². The van der Waals surface area contributed by atoms with Crippen LogP contribution in [-0.2, 0) is 4.74 Å². The fourth-order valence-corrected chi connectivity index (χ4v) is 5.44. The Kier molecular flexibility index (Phi) is 3.90. The fraction of sp³-hybridized carbons (Fsp3) is 0.579. The predicted molar refractivity (Wildman–Crippen MR) is 96.2 cm³/mol. The van der Waals surface area contributed by atoms with E-state index in [9.17, 15) is 4.79 Å². The highest BCUT2D eigenvalue weighted by molar-refractivity contribution is 7.16. The molecular formula is C19H23N3O2S. The Morgan fingerprint density at radius 2 is 2.00 bits per heavy atom. The van der Waals surface area contributed by atoms with Crippen LogP contribution in [0.25, 0.3) is 10.8 Å². The molecule has 5 rings (SSSR count). The zero-order valence-electron chi connectivity index (χ0n) is 15.0. The van der Waals surface area contributed by atoms with E-state index in [1.807, 2.05) is 6.92 Å². The van der Waals surface area contributed by atoms with Gasteiger partial charge in [0.15, 0.2) is 10.8 Å². The summed E-state index contributed by atoms with van der Waals surface area (Å²) >= 11 is 1.31. The summed E-state index contributed by atoms with van der Waals surface area (Å²) in [5, 5.41) is 0.658. The molecule has 3 aliphatic carbocycles. The molecule has 2 aromatic rings. The second-order valence-electron chi connectivity index (χ2n) is 7.91. The number of ether oxygens (including phenoxy) is 1. The number of thiazole rings is 1. The molecule has 0 aliphatic heterocycles. The third kappa shape index (κ3) is 2.67. The first-order valence-electron chi connectivity index (χ1n) is 8.83. The van der Waals surface area contributed by atoms with E-state index in [0.717, 1.165) is 6.42 Å². The lowest BCUT2D eigenvalue weighted by atomic mass is 9.45. The second-order valence-corrected chi connectivity index (χ2v) is 8.90. The Morgan fingerprint density at radius 3 is 2.64 bits per heavy atom. The van der Waals surface area contributed by atoms with Crippen molar-refractivity contribution < 1.29 is 9.53 Å². The van der Waals surface area contributed by atoms with Crippen LogP contribution in [0.1, 0.15) is 49.0 Å². The van der Waals surface area contributed by atoms with E-state index in [1.54, 1.807) is 18.5 Å². The van der Waals surface area contributed by atoms with Gasteiger partial charge in [0.05, 0.1) is 5.69 Å². The summed E-state index contributed by atoms with van der Waals surface area (Å²) in [6, 6.07) is 1.76. The van der Waals surface area contributed by atoms with E-state index in [1.165, 1.54) is 17.8 Å². The number of esters is 1. The van der Waals surface area contributed by atoms with Crippen LogP contribution in [0.4, 0.5) is 0 Å². The van der Waals surface area contributed by atoms with Gasteiger partial charge in [0.1, 0.15) is 11.0 Å². The number of carbonyl (C=O) groups is 1. The minimum atomic E-state index is -0.256. The van der Waals surface area contributed by atoms with Crippen molar-refractivity contribution in [3.8, 4) is 10.8 Å². The maximum Gasteiger partial charge on any atom is 0.350 e.